The van der Waals surface area contributed by atoms with E-state index in [-0.39, 0.29) is 31.7 Å². The van der Waals surface area contributed by atoms with Gasteiger partial charge < -0.3 is 10.5 Å². The Morgan fingerprint density at radius 2 is 2.04 bits per heavy atom. The van der Waals surface area contributed by atoms with Crippen molar-refractivity contribution in [1.29, 1.82) is 0 Å². The molecule has 0 aliphatic carbocycles. The van der Waals surface area contributed by atoms with Gasteiger partial charge in [0.15, 0.2) is 0 Å². The molecule has 1 aliphatic heterocycles. The molecule has 1 aromatic carbocycles. The van der Waals surface area contributed by atoms with Crippen molar-refractivity contribution in [2.45, 2.75) is 31.2 Å². The summed E-state index contributed by atoms with van der Waals surface area (Å²) in [7, 11) is 0. The van der Waals surface area contributed by atoms with E-state index in [1.807, 2.05) is 5.92 Å². The van der Waals surface area contributed by atoms with Crippen LogP contribution in [0.25, 0.3) is 0 Å². The van der Waals surface area contributed by atoms with Gasteiger partial charge in [0.05, 0.1) is 0 Å². The van der Waals surface area contributed by atoms with E-state index in [9.17, 15) is 18.4 Å². The fourth-order valence-corrected chi connectivity index (χ4v) is 2.91. The minimum atomic E-state index is -2.52. The predicted octanol–water partition coefficient (Wildman–Crippen LogP) is 1.49. The minimum Gasteiger partial charge on any atom is -0.381 e. The molecular weight excluding hydrogens is 318 g/mol. The molecule has 5 nitrogen and oxygen atoms in total. The lowest BCUT2D eigenvalue weighted by Gasteiger charge is -2.43. The highest BCUT2D eigenvalue weighted by atomic mass is 19.3. The highest BCUT2D eigenvalue weighted by molar-refractivity contribution is 6.11. The number of hydrogen-bond donors (Lipinski definition) is 1. The second-order valence-electron chi connectivity index (χ2n) is 5.56. The lowest BCUT2D eigenvalue weighted by molar-refractivity contribution is -0.130. The molecule has 0 atom stereocenters. The molecule has 1 fully saturated rings. The first-order valence-corrected chi connectivity index (χ1v) is 7.46. The van der Waals surface area contributed by atoms with Crippen LogP contribution in [0.15, 0.2) is 24.3 Å². The Bertz CT molecular complexity index is 664. The van der Waals surface area contributed by atoms with E-state index in [4.69, 9.17) is 16.9 Å². The monoisotopic (exact) mass is 336 g/mol. The number of alkyl halides is 2. The first kappa shape index (κ1) is 17.9. The average molecular weight is 336 g/mol. The van der Waals surface area contributed by atoms with E-state index in [0.29, 0.717) is 5.56 Å². The van der Waals surface area contributed by atoms with Gasteiger partial charge in [-0.15, -0.1) is 6.42 Å². The van der Waals surface area contributed by atoms with Gasteiger partial charge in [-0.1, -0.05) is 12.1 Å². The van der Waals surface area contributed by atoms with Crippen molar-refractivity contribution in [3.05, 3.63) is 29.8 Å². The minimum absolute atomic E-state index is 0.189. The van der Waals surface area contributed by atoms with Crippen molar-refractivity contribution in [2.75, 3.05) is 18.1 Å². The van der Waals surface area contributed by atoms with Crippen molar-refractivity contribution < 1.29 is 23.1 Å². The summed E-state index contributed by atoms with van der Waals surface area (Å²) in [6, 6.07) is 6.04. The van der Waals surface area contributed by atoms with Gasteiger partial charge in [0.2, 0.25) is 12.3 Å². The molecule has 0 aromatic heterocycles. The van der Waals surface area contributed by atoms with Gasteiger partial charge in [-0.3, -0.25) is 14.5 Å². The summed E-state index contributed by atoms with van der Waals surface area (Å²) >= 11 is 0. The zero-order valence-corrected chi connectivity index (χ0v) is 13.0. The van der Waals surface area contributed by atoms with Gasteiger partial charge >= 0.3 is 5.91 Å². The quantitative estimate of drug-likeness (QED) is 0.828. The number of amides is 2. The van der Waals surface area contributed by atoms with Crippen LogP contribution >= 0.6 is 0 Å². The molecule has 1 aliphatic rings. The molecule has 0 bridgehead atoms. The summed E-state index contributed by atoms with van der Waals surface area (Å²) < 4.78 is 30.5. The van der Waals surface area contributed by atoms with Crippen LogP contribution in [0.4, 0.5) is 14.5 Å². The summed E-state index contributed by atoms with van der Waals surface area (Å²) in [5.74, 6) is 0.545. The third-order valence-corrected chi connectivity index (χ3v) is 4.09. The standard InChI is InChI=1S/C17H18F2N2O3/c1-2-15(22)21(17(16(20)23)6-8-24-9-7-17)13-5-3-4-12(10-13)11-14(18)19/h1,3-5,10,14H,6-9,11H2,(H2,20,23). The van der Waals surface area contributed by atoms with Gasteiger partial charge in [-0.05, 0) is 23.6 Å². The van der Waals surface area contributed by atoms with E-state index in [1.165, 1.54) is 18.2 Å². The normalized spacial score (nSPS) is 16.4. The number of carbonyl (C=O) groups excluding carboxylic acids is 2. The topological polar surface area (TPSA) is 72.6 Å². The number of primary amides is 1. The average Bonchev–Trinajstić information content (AvgIpc) is 2.55. The number of hydrogen-bond acceptors (Lipinski definition) is 3. The van der Waals surface area contributed by atoms with E-state index in [1.54, 1.807) is 6.07 Å². The highest BCUT2D eigenvalue weighted by Gasteiger charge is 2.47. The van der Waals surface area contributed by atoms with Gasteiger partial charge in [0.25, 0.3) is 0 Å². The second-order valence-corrected chi connectivity index (χ2v) is 5.56. The van der Waals surface area contributed by atoms with Crippen LogP contribution < -0.4 is 10.6 Å². The smallest absolute Gasteiger partial charge is 0.303 e. The van der Waals surface area contributed by atoms with Crippen LogP contribution in [-0.2, 0) is 20.7 Å². The van der Waals surface area contributed by atoms with Crippen LogP contribution in [0.5, 0.6) is 0 Å². The number of ether oxygens (including phenoxy) is 1. The largest absolute Gasteiger partial charge is 0.381 e. The van der Waals surface area contributed by atoms with Crippen molar-refractivity contribution in [2.24, 2.45) is 5.73 Å². The fraction of sp³-hybridized carbons (Fsp3) is 0.412. The lowest BCUT2D eigenvalue weighted by Crippen LogP contribution is -2.62. The van der Waals surface area contributed by atoms with Crippen LogP contribution in [0.2, 0.25) is 0 Å². The maximum atomic E-state index is 12.6. The van der Waals surface area contributed by atoms with Crippen molar-refractivity contribution in [3.63, 3.8) is 0 Å². The number of anilines is 1. The van der Waals surface area contributed by atoms with Crippen molar-refractivity contribution in [1.82, 2.24) is 0 Å². The van der Waals surface area contributed by atoms with Crippen LogP contribution in [0.1, 0.15) is 18.4 Å². The predicted molar refractivity (Wildman–Crippen MR) is 84.4 cm³/mol. The van der Waals surface area contributed by atoms with Crippen molar-refractivity contribution >= 4 is 17.5 Å². The Balaban J connectivity index is 2.51. The van der Waals surface area contributed by atoms with Gasteiger partial charge in [0, 0.05) is 38.2 Å². The third kappa shape index (κ3) is 3.54. The summed E-state index contributed by atoms with van der Waals surface area (Å²) in [5.41, 5.74) is 4.86. The van der Waals surface area contributed by atoms with Crippen molar-refractivity contribution in [3.8, 4) is 12.3 Å². The summed E-state index contributed by atoms with van der Waals surface area (Å²) in [6.07, 6.45) is 2.65. The molecule has 2 N–H and O–H groups in total. The third-order valence-electron chi connectivity index (χ3n) is 4.09. The number of carbonyl (C=O) groups is 2. The maximum Gasteiger partial charge on any atom is 0.303 e. The number of terminal acetylenes is 1. The molecule has 0 radical (unpaired) electrons. The molecule has 128 valence electrons. The molecular formula is C17H18F2N2O3. The molecule has 7 heteroatoms. The maximum absolute atomic E-state index is 12.6. The van der Waals surface area contributed by atoms with E-state index in [0.717, 1.165) is 4.90 Å². The summed E-state index contributed by atoms with van der Waals surface area (Å²) in [6.45, 7) is 0.488. The molecule has 0 saturated carbocycles. The van der Waals surface area contributed by atoms with Crippen LogP contribution in [-0.4, -0.2) is 37.0 Å². The first-order chi connectivity index (χ1) is 11.4. The van der Waals surface area contributed by atoms with Crippen LogP contribution in [0, 0.1) is 12.3 Å². The fourth-order valence-electron chi connectivity index (χ4n) is 2.91. The lowest BCUT2D eigenvalue weighted by atomic mass is 9.86. The number of nitrogens with two attached hydrogens (primary N) is 1. The Morgan fingerprint density at radius 3 is 2.58 bits per heavy atom. The molecule has 1 heterocycles. The summed E-state index contributed by atoms with van der Waals surface area (Å²) in [5, 5.41) is 0. The zero-order valence-electron chi connectivity index (χ0n) is 13.0. The van der Waals surface area contributed by atoms with Gasteiger partial charge in [-0.25, -0.2) is 8.78 Å². The SMILES string of the molecule is C#CC(=O)N(c1cccc(CC(F)F)c1)C1(C(N)=O)CCOCC1. The molecule has 1 saturated heterocycles. The first-order valence-electron chi connectivity index (χ1n) is 7.46. The van der Waals surface area contributed by atoms with E-state index in [2.05, 4.69) is 0 Å². The summed E-state index contributed by atoms with van der Waals surface area (Å²) in [4.78, 5) is 25.7. The van der Waals surface area contributed by atoms with Gasteiger partial charge in [-0.2, -0.15) is 0 Å². The molecule has 2 rings (SSSR count). The number of benzene rings is 1. The van der Waals surface area contributed by atoms with E-state index < -0.39 is 30.2 Å². The molecule has 24 heavy (non-hydrogen) atoms. The number of halogens is 2. The van der Waals surface area contributed by atoms with E-state index >= 15 is 0 Å². The second kappa shape index (κ2) is 7.41. The van der Waals surface area contributed by atoms with Crippen LogP contribution in [0.3, 0.4) is 0 Å². The zero-order chi connectivity index (χ0) is 17.7. The molecule has 0 unspecified atom stereocenters. The van der Waals surface area contributed by atoms with Gasteiger partial charge in [0.1, 0.15) is 5.54 Å². The Morgan fingerprint density at radius 1 is 1.38 bits per heavy atom. The molecule has 1 aromatic rings. The molecule has 2 amide bonds. The Labute approximate surface area is 138 Å². The molecule has 0 spiro atoms. The Hall–Kier alpha value is -2.46. The number of rotatable bonds is 5. The Kier molecular flexibility index (Phi) is 5.52. The number of nitrogens with zero attached hydrogens (tertiary/aromatic N) is 1. The highest BCUT2D eigenvalue weighted by Crippen LogP contribution is 2.33.